The molecule has 1 N–H and O–H groups in total. The first kappa shape index (κ1) is 19.6. The van der Waals surface area contributed by atoms with Crippen LogP contribution in [0.15, 0.2) is 91.0 Å². The first-order chi connectivity index (χ1) is 14.3. The summed E-state index contributed by atoms with van der Waals surface area (Å²) in [5.41, 5.74) is 3.54. The highest BCUT2D eigenvalue weighted by atomic mass is 32.2. The van der Waals surface area contributed by atoms with Crippen molar-refractivity contribution in [2.45, 2.75) is 17.7 Å². The molecule has 0 bridgehead atoms. The lowest BCUT2D eigenvalue weighted by Gasteiger charge is -2.26. The molecule has 0 saturated carbocycles. The van der Waals surface area contributed by atoms with Gasteiger partial charge in [0, 0.05) is 24.1 Å². The molecule has 1 fully saturated rings. The third-order valence-electron chi connectivity index (χ3n) is 5.33. The zero-order valence-corrected chi connectivity index (χ0v) is 17.2. The molecule has 0 unspecified atom stereocenters. The van der Waals surface area contributed by atoms with E-state index >= 15 is 0 Å². The molecule has 3 aromatic carbocycles. The summed E-state index contributed by atoms with van der Waals surface area (Å²) >= 11 is 1.95. The molecule has 148 valence electrons. The second-order valence-electron chi connectivity index (χ2n) is 7.25. The van der Waals surface area contributed by atoms with Gasteiger partial charge in [0.05, 0.1) is 6.04 Å². The topological polar surface area (TPSA) is 32.3 Å². The number of hydrogen-bond donors (Lipinski definition) is 1. The summed E-state index contributed by atoms with van der Waals surface area (Å²) in [6.07, 6.45) is 0.976. The average molecular weight is 403 g/mol. The van der Waals surface area contributed by atoms with Crippen LogP contribution in [0.4, 0.5) is 4.79 Å². The molecule has 2 amide bonds. The van der Waals surface area contributed by atoms with Gasteiger partial charge in [-0.1, -0.05) is 91.0 Å². The van der Waals surface area contributed by atoms with Crippen molar-refractivity contribution in [2.24, 2.45) is 0 Å². The number of nitrogens with zero attached hydrogens (tertiary/aromatic N) is 1. The molecule has 1 saturated heterocycles. The van der Waals surface area contributed by atoms with Crippen LogP contribution in [0.2, 0.25) is 0 Å². The van der Waals surface area contributed by atoms with Crippen LogP contribution >= 0.6 is 11.8 Å². The minimum Gasteiger partial charge on any atom is -0.327 e. The number of rotatable bonds is 4. The maximum absolute atomic E-state index is 13.2. The third-order valence-corrected chi connectivity index (χ3v) is 6.66. The van der Waals surface area contributed by atoms with Gasteiger partial charge in [-0.2, -0.15) is 11.8 Å². The molecule has 0 radical (unpaired) electrons. The molecule has 0 aliphatic carbocycles. The van der Waals surface area contributed by atoms with Crippen molar-refractivity contribution in [1.82, 2.24) is 10.2 Å². The predicted molar refractivity (Wildman–Crippen MR) is 121 cm³/mol. The Kier molecular flexibility index (Phi) is 6.52. The molecule has 4 heteroatoms. The predicted octanol–water partition coefficient (Wildman–Crippen LogP) is 5.67. The van der Waals surface area contributed by atoms with E-state index < -0.39 is 0 Å². The molecule has 1 aliphatic heterocycles. The molecular formula is C25H26N2OS. The number of hydrogen-bond acceptors (Lipinski definition) is 2. The van der Waals surface area contributed by atoms with E-state index in [0.29, 0.717) is 5.25 Å². The van der Waals surface area contributed by atoms with Crippen molar-refractivity contribution in [3.8, 4) is 0 Å². The Morgan fingerprint density at radius 1 is 0.828 bits per heavy atom. The number of thioether (sulfide) groups is 1. The monoisotopic (exact) mass is 402 g/mol. The van der Waals surface area contributed by atoms with Crippen LogP contribution in [0.1, 0.15) is 34.4 Å². The summed E-state index contributed by atoms with van der Waals surface area (Å²) in [6, 6.07) is 30.8. The van der Waals surface area contributed by atoms with Gasteiger partial charge in [-0.15, -0.1) is 0 Å². The fraction of sp³-hybridized carbons (Fsp3) is 0.240. The van der Waals surface area contributed by atoms with Crippen LogP contribution in [-0.4, -0.2) is 29.8 Å². The SMILES string of the molecule is O=C(NC(c1ccccc1)c1ccccc1)N1CCS[C@H](c2ccccc2)CC1. The number of benzene rings is 3. The molecule has 29 heavy (non-hydrogen) atoms. The molecule has 3 aromatic rings. The standard InChI is InChI=1S/C25H26N2OS/c28-25(27-17-16-23(29-19-18-27)20-10-4-1-5-11-20)26-24(21-12-6-2-7-13-21)22-14-8-3-9-15-22/h1-15,23-24H,16-19H2,(H,26,28)/t23-/m0/s1. The van der Waals surface area contributed by atoms with Gasteiger partial charge in [-0.05, 0) is 23.1 Å². The van der Waals surface area contributed by atoms with Crippen LogP contribution < -0.4 is 5.32 Å². The Hall–Kier alpha value is -2.72. The minimum absolute atomic E-state index is 0.0111. The van der Waals surface area contributed by atoms with Crippen molar-refractivity contribution in [2.75, 3.05) is 18.8 Å². The number of carbonyl (C=O) groups is 1. The molecule has 1 atom stereocenters. The number of carbonyl (C=O) groups excluding carboxylic acids is 1. The van der Waals surface area contributed by atoms with Crippen molar-refractivity contribution in [3.05, 3.63) is 108 Å². The summed E-state index contributed by atoms with van der Waals surface area (Å²) in [7, 11) is 0. The zero-order chi connectivity index (χ0) is 19.9. The normalized spacial score (nSPS) is 17.0. The van der Waals surface area contributed by atoms with Gasteiger partial charge >= 0.3 is 6.03 Å². The lowest BCUT2D eigenvalue weighted by molar-refractivity contribution is 0.198. The Balaban J connectivity index is 1.46. The van der Waals surface area contributed by atoms with Gasteiger partial charge in [0.25, 0.3) is 0 Å². The lowest BCUT2D eigenvalue weighted by atomic mass is 9.99. The van der Waals surface area contributed by atoms with E-state index in [-0.39, 0.29) is 12.1 Å². The summed E-state index contributed by atoms with van der Waals surface area (Å²) < 4.78 is 0. The molecule has 3 nitrogen and oxygen atoms in total. The second-order valence-corrected chi connectivity index (χ2v) is 8.56. The van der Waals surface area contributed by atoms with E-state index in [1.54, 1.807) is 0 Å². The van der Waals surface area contributed by atoms with Crippen LogP contribution in [-0.2, 0) is 0 Å². The first-order valence-corrected chi connectivity index (χ1v) is 11.2. The summed E-state index contributed by atoms with van der Waals surface area (Å²) in [5.74, 6) is 0.953. The van der Waals surface area contributed by atoms with E-state index in [0.717, 1.165) is 36.4 Å². The lowest BCUT2D eigenvalue weighted by Crippen LogP contribution is -2.43. The highest BCUT2D eigenvalue weighted by molar-refractivity contribution is 7.99. The smallest absolute Gasteiger partial charge is 0.318 e. The molecule has 1 aliphatic rings. The fourth-order valence-electron chi connectivity index (χ4n) is 3.77. The van der Waals surface area contributed by atoms with Crippen LogP contribution in [0, 0.1) is 0 Å². The fourth-order valence-corrected chi connectivity index (χ4v) is 5.00. The van der Waals surface area contributed by atoms with Crippen molar-refractivity contribution in [1.29, 1.82) is 0 Å². The summed E-state index contributed by atoms with van der Waals surface area (Å²) in [5, 5.41) is 3.73. The van der Waals surface area contributed by atoms with E-state index in [2.05, 4.69) is 59.9 Å². The molecule has 1 heterocycles. The Labute approximate surface area is 177 Å². The Morgan fingerprint density at radius 2 is 1.38 bits per heavy atom. The van der Waals surface area contributed by atoms with Gasteiger partial charge in [0.2, 0.25) is 0 Å². The van der Waals surface area contributed by atoms with Crippen LogP contribution in [0.25, 0.3) is 0 Å². The Morgan fingerprint density at radius 3 is 1.97 bits per heavy atom. The van der Waals surface area contributed by atoms with Gasteiger partial charge in [-0.25, -0.2) is 4.79 Å². The molecule has 0 spiro atoms. The Bertz CT molecular complexity index is 862. The molecule has 4 rings (SSSR count). The van der Waals surface area contributed by atoms with Crippen molar-refractivity contribution >= 4 is 17.8 Å². The molecule has 0 aromatic heterocycles. The van der Waals surface area contributed by atoms with Gasteiger partial charge < -0.3 is 10.2 Å². The number of amides is 2. The molecular weight excluding hydrogens is 376 g/mol. The van der Waals surface area contributed by atoms with E-state index in [1.807, 2.05) is 53.1 Å². The van der Waals surface area contributed by atoms with Crippen molar-refractivity contribution < 1.29 is 4.79 Å². The number of nitrogens with one attached hydrogen (secondary N) is 1. The quantitative estimate of drug-likeness (QED) is 0.610. The largest absolute Gasteiger partial charge is 0.327 e. The van der Waals surface area contributed by atoms with Crippen LogP contribution in [0.3, 0.4) is 0 Å². The summed E-state index contributed by atoms with van der Waals surface area (Å²) in [4.78, 5) is 15.1. The zero-order valence-electron chi connectivity index (χ0n) is 16.4. The van der Waals surface area contributed by atoms with Gasteiger partial charge in [-0.3, -0.25) is 0 Å². The average Bonchev–Trinajstić information content (AvgIpc) is 3.06. The second kappa shape index (κ2) is 9.66. The summed E-state index contributed by atoms with van der Waals surface area (Å²) in [6.45, 7) is 1.55. The van der Waals surface area contributed by atoms with Gasteiger partial charge in [0.15, 0.2) is 0 Å². The number of urea groups is 1. The third kappa shape index (κ3) is 5.01. The van der Waals surface area contributed by atoms with E-state index in [4.69, 9.17) is 0 Å². The van der Waals surface area contributed by atoms with Crippen molar-refractivity contribution in [3.63, 3.8) is 0 Å². The first-order valence-electron chi connectivity index (χ1n) is 10.1. The maximum Gasteiger partial charge on any atom is 0.318 e. The highest BCUT2D eigenvalue weighted by Gasteiger charge is 2.24. The highest BCUT2D eigenvalue weighted by Crippen LogP contribution is 2.34. The minimum atomic E-state index is -0.147. The maximum atomic E-state index is 13.2. The van der Waals surface area contributed by atoms with Crippen LogP contribution in [0.5, 0.6) is 0 Å². The van der Waals surface area contributed by atoms with E-state index in [1.165, 1.54) is 5.56 Å². The van der Waals surface area contributed by atoms with Gasteiger partial charge in [0.1, 0.15) is 0 Å². The van der Waals surface area contributed by atoms with E-state index in [9.17, 15) is 4.79 Å².